The quantitative estimate of drug-likeness (QED) is 0.640. The van der Waals surface area contributed by atoms with Gasteiger partial charge in [-0.2, -0.15) is 0 Å². The number of nitrogens with one attached hydrogen (secondary N) is 1. The van der Waals surface area contributed by atoms with Crippen LogP contribution >= 0.6 is 0 Å². The van der Waals surface area contributed by atoms with Gasteiger partial charge in [-0.05, 0) is 78.5 Å². The van der Waals surface area contributed by atoms with Crippen molar-refractivity contribution in [2.75, 3.05) is 6.54 Å². The Morgan fingerprint density at radius 2 is 1.75 bits per heavy atom. The molecule has 4 nitrogen and oxygen atoms in total. The van der Waals surface area contributed by atoms with E-state index in [9.17, 15) is 4.79 Å². The number of fused-ring (bicyclic) bond motifs is 1. The summed E-state index contributed by atoms with van der Waals surface area (Å²) in [4.78, 5) is 10.6. The third-order valence-electron chi connectivity index (χ3n) is 6.68. The van der Waals surface area contributed by atoms with Crippen LogP contribution in [0.25, 0.3) is 10.8 Å². The molecule has 28 heavy (non-hydrogen) atoms. The Bertz CT molecular complexity index is 816. The van der Waals surface area contributed by atoms with Gasteiger partial charge in [0.2, 0.25) is 0 Å². The van der Waals surface area contributed by atoms with Crippen LogP contribution in [0, 0.1) is 5.41 Å². The predicted octanol–water partition coefficient (Wildman–Crippen LogP) is 5.29. The Kier molecular flexibility index (Phi) is 5.86. The highest BCUT2D eigenvalue weighted by Gasteiger charge is 2.38. The van der Waals surface area contributed by atoms with E-state index in [2.05, 4.69) is 41.7 Å². The molecular weight excluding hydrogens is 350 g/mol. The van der Waals surface area contributed by atoms with Crippen LogP contribution in [0.5, 0.6) is 5.75 Å². The van der Waals surface area contributed by atoms with Gasteiger partial charge in [0.25, 0.3) is 0 Å². The zero-order valence-corrected chi connectivity index (χ0v) is 16.6. The molecule has 2 fully saturated rings. The normalized spacial score (nSPS) is 19.3. The van der Waals surface area contributed by atoms with Crippen LogP contribution in [-0.2, 0) is 11.3 Å². The van der Waals surface area contributed by atoms with Crippen LogP contribution in [0.4, 0.5) is 0 Å². The first-order valence-electron chi connectivity index (χ1n) is 10.7. The first kappa shape index (κ1) is 19.3. The second-order valence-electron chi connectivity index (χ2n) is 8.69. The summed E-state index contributed by atoms with van der Waals surface area (Å²) < 4.78 is 6.33. The lowest BCUT2D eigenvalue weighted by atomic mass is 9.72. The molecule has 0 atom stereocenters. The van der Waals surface area contributed by atoms with Gasteiger partial charge in [0.05, 0.1) is 12.5 Å². The monoisotopic (exact) mass is 381 g/mol. The highest BCUT2D eigenvalue weighted by Crippen LogP contribution is 2.49. The first-order chi connectivity index (χ1) is 13.6. The van der Waals surface area contributed by atoms with E-state index in [1.54, 1.807) is 0 Å². The Balaban J connectivity index is 1.33. The number of hydrogen-bond donors (Lipinski definition) is 2. The summed E-state index contributed by atoms with van der Waals surface area (Å²) in [6.45, 7) is 1.17. The topological polar surface area (TPSA) is 58.6 Å². The summed E-state index contributed by atoms with van der Waals surface area (Å²) in [5.41, 5.74) is 1.82. The molecule has 2 aliphatic carbocycles. The molecule has 0 heterocycles. The van der Waals surface area contributed by atoms with E-state index >= 15 is 0 Å². The van der Waals surface area contributed by atoms with Gasteiger partial charge in [-0.1, -0.05) is 31.0 Å². The number of rotatable bonds is 7. The lowest BCUT2D eigenvalue weighted by molar-refractivity contribution is -0.136. The first-order valence-corrected chi connectivity index (χ1v) is 10.7. The van der Waals surface area contributed by atoms with Crippen molar-refractivity contribution in [3.8, 4) is 5.75 Å². The standard InChI is InChI=1S/C24H31NO3/c26-23(27)9-14-25-17-18-3-4-20-16-22(6-5-19(20)15-18)28-21-7-12-24(13-8-21)10-1-2-11-24/h3-6,15-16,21,25H,1-2,7-14,17H2,(H,26,27). The van der Waals surface area contributed by atoms with Gasteiger partial charge >= 0.3 is 5.97 Å². The minimum Gasteiger partial charge on any atom is -0.490 e. The largest absolute Gasteiger partial charge is 0.490 e. The van der Waals surface area contributed by atoms with E-state index in [4.69, 9.17) is 9.84 Å². The Morgan fingerprint density at radius 1 is 1.04 bits per heavy atom. The molecule has 4 rings (SSSR count). The highest BCUT2D eigenvalue weighted by atomic mass is 16.5. The molecule has 1 spiro atoms. The van der Waals surface area contributed by atoms with E-state index in [1.165, 1.54) is 67.7 Å². The van der Waals surface area contributed by atoms with Gasteiger partial charge in [0.1, 0.15) is 5.75 Å². The molecule has 2 aromatic carbocycles. The van der Waals surface area contributed by atoms with Gasteiger partial charge in [-0.3, -0.25) is 4.79 Å². The molecule has 2 N–H and O–H groups in total. The summed E-state index contributed by atoms with van der Waals surface area (Å²) >= 11 is 0. The lowest BCUT2D eigenvalue weighted by Gasteiger charge is -2.37. The van der Waals surface area contributed by atoms with E-state index in [0.29, 0.717) is 24.6 Å². The Labute approximate surface area is 167 Å². The maximum absolute atomic E-state index is 10.6. The SMILES string of the molecule is O=C(O)CCNCc1ccc2cc(OC3CCC4(CCCC4)CC3)ccc2c1. The number of carbonyl (C=O) groups is 1. The van der Waals surface area contributed by atoms with E-state index < -0.39 is 5.97 Å². The van der Waals surface area contributed by atoms with Crippen LogP contribution in [0.3, 0.4) is 0 Å². The molecule has 0 aliphatic heterocycles. The van der Waals surface area contributed by atoms with Crippen molar-refractivity contribution in [2.24, 2.45) is 5.41 Å². The minimum absolute atomic E-state index is 0.149. The number of benzene rings is 2. The van der Waals surface area contributed by atoms with Crippen LogP contribution in [0.15, 0.2) is 36.4 Å². The second-order valence-corrected chi connectivity index (χ2v) is 8.69. The molecule has 0 bridgehead atoms. The van der Waals surface area contributed by atoms with Crippen molar-refractivity contribution in [2.45, 2.75) is 70.4 Å². The molecule has 150 valence electrons. The van der Waals surface area contributed by atoms with Crippen molar-refractivity contribution in [1.29, 1.82) is 0 Å². The van der Waals surface area contributed by atoms with Crippen LogP contribution in [0.2, 0.25) is 0 Å². The summed E-state index contributed by atoms with van der Waals surface area (Å²) in [5.74, 6) is 0.210. The molecule has 0 amide bonds. The molecule has 0 saturated heterocycles. The van der Waals surface area contributed by atoms with Gasteiger partial charge in [-0.15, -0.1) is 0 Å². The van der Waals surface area contributed by atoms with Gasteiger partial charge in [-0.25, -0.2) is 0 Å². The molecule has 2 aromatic rings. The molecule has 2 saturated carbocycles. The van der Waals surface area contributed by atoms with Crippen molar-refractivity contribution in [1.82, 2.24) is 5.32 Å². The third-order valence-corrected chi connectivity index (χ3v) is 6.68. The summed E-state index contributed by atoms with van der Waals surface area (Å²) in [7, 11) is 0. The minimum atomic E-state index is -0.769. The molecular formula is C24H31NO3. The Morgan fingerprint density at radius 3 is 2.50 bits per heavy atom. The maximum Gasteiger partial charge on any atom is 0.304 e. The fraction of sp³-hybridized carbons (Fsp3) is 0.542. The number of hydrogen-bond acceptors (Lipinski definition) is 3. The molecule has 4 heteroatoms. The molecule has 0 aromatic heterocycles. The van der Waals surface area contributed by atoms with Crippen LogP contribution in [-0.4, -0.2) is 23.7 Å². The average molecular weight is 382 g/mol. The zero-order valence-electron chi connectivity index (χ0n) is 16.6. The van der Waals surface area contributed by atoms with Gasteiger partial charge in [0.15, 0.2) is 0 Å². The van der Waals surface area contributed by atoms with Crippen molar-refractivity contribution in [3.63, 3.8) is 0 Å². The molecule has 0 unspecified atom stereocenters. The number of carboxylic acids is 1. The zero-order chi connectivity index (χ0) is 19.4. The highest BCUT2D eigenvalue weighted by molar-refractivity contribution is 5.84. The van der Waals surface area contributed by atoms with E-state index in [-0.39, 0.29) is 6.42 Å². The third kappa shape index (κ3) is 4.67. The summed E-state index contributed by atoms with van der Waals surface area (Å²) in [6, 6.07) is 12.8. The Hall–Kier alpha value is -2.07. The van der Waals surface area contributed by atoms with Crippen molar-refractivity contribution >= 4 is 16.7 Å². The second kappa shape index (κ2) is 8.52. The fourth-order valence-corrected chi connectivity index (χ4v) is 5.02. The molecule has 2 aliphatic rings. The number of aliphatic carboxylic acids is 1. The van der Waals surface area contributed by atoms with Crippen molar-refractivity contribution in [3.05, 3.63) is 42.0 Å². The maximum atomic E-state index is 10.6. The van der Waals surface area contributed by atoms with E-state index in [0.717, 1.165) is 5.75 Å². The predicted molar refractivity (Wildman–Crippen MR) is 112 cm³/mol. The smallest absolute Gasteiger partial charge is 0.304 e. The van der Waals surface area contributed by atoms with Gasteiger partial charge in [0, 0.05) is 13.1 Å². The van der Waals surface area contributed by atoms with Crippen LogP contribution in [0.1, 0.15) is 63.4 Å². The van der Waals surface area contributed by atoms with Crippen molar-refractivity contribution < 1.29 is 14.6 Å². The lowest BCUT2D eigenvalue weighted by Crippen LogP contribution is -2.30. The number of carboxylic acid groups (broad SMARTS) is 1. The van der Waals surface area contributed by atoms with Crippen LogP contribution < -0.4 is 10.1 Å². The average Bonchev–Trinajstić information content (AvgIpc) is 3.15. The summed E-state index contributed by atoms with van der Waals surface area (Å²) in [6.07, 6.45) is 11.3. The number of ether oxygens (including phenoxy) is 1. The fourth-order valence-electron chi connectivity index (χ4n) is 5.02. The summed E-state index contributed by atoms with van der Waals surface area (Å²) in [5, 5.41) is 14.3. The van der Waals surface area contributed by atoms with E-state index in [1.807, 2.05) is 0 Å². The molecule has 0 radical (unpaired) electrons. The van der Waals surface area contributed by atoms with Gasteiger partial charge < -0.3 is 15.2 Å².